The lowest BCUT2D eigenvalue weighted by atomic mass is 10.4. The van der Waals surface area contributed by atoms with Crippen LogP contribution in [0.15, 0.2) is 18.2 Å². The summed E-state index contributed by atoms with van der Waals surface area (Å²) in [5.74, 6) is 0.240. The van der Waals surface area contributed by atoms with Crippen molar-refractivity contribution in [1.29, 1.82) is 0 Å². The van der Waals surface area contributed by atoms with Crippen LogP contribution in [0.2, 0.25) is 0 Å². The molecule has 92 valence electrons. The van der Waals surface area contributed by atoms with Crippen LogP contribution in [0.5, 0.6) is 0 Å². The van der Waals surface area contributed by atoms with Gasteiger partial charge in [-0.3, -0.25) is 0 Å². The Bertz CT molecular complexity index is 634. The Morgan fingerprint density at radius 2 is 2.24 bits per heavy atom. The summed E-state index contributed by atoms with van der Waals surface area (Å²) in [5, 5.41) is 11.9. The van der Waals surface area contributed by atoms with E-state index in [1.165, 1.54) is 0 Å². The quantitative estimate of drug-likeness (QED) is 0.783. The molecule has 0 spiro atoms. The maximum Gasteiger partial charge on any atom is 0.243 e. The Balaban J connectivity index is 2.12. The van der Waals surface area contributed by atoms with Gasteiger partial charge in [0.1, 0.15) is 0 Å². The van der Waals surface area contributed by atoms with Crippen molar-refractivity contribution in [3.63, 3.8) is 0 Å². The highest BCUT2D eigenvalue weighted by Crippen LogP contribution is 2.07. The summed E-state index contributed by atoms with van der Waals surface area (Å²) in [6, 6.07) is 5.62. The molecule has 0 bridgehead atoms. The highest BCUT2D eigenvalue weighted by Gasteiger charge is 2.06. The Labute approximate surface area is 98.7 Å². The van der Waals surface area contributed by atoms with Crippen LogP contribution >= 0.6 is 0 Å². The predicted octanol–water partition coefficient (Wildman–Crippen LogP) is -0.262. The topological polar surface area (TPSA) is 102 Å². The van der Waals surface area contributed by atoms with E-state index < -0.39 is 10.0 Å². The second-order valence-electron chi connectivity index (χ2n) is 3.67. The van der Waals surface area contributed by atoms with E-state index in [-0.39, 0.29) is 12.3 Å². The molecule has 2 aromatic rings. The van der Waals surface area contributed by atoms with Gasteiger partial charge in [0.15, 0.2) is 5.65 Å². The van der Waals surface area contributed by atoms with Crippen LogP contribution in [-0.2, 0) is 10.0 Å². The first-order valence-corrected chi connectivity index (χ1v) is 6.74. The number of pyridine rings is 1. The van der Waals surface area contributed by atoms with Crippen LogP contribution in [0, 0.1) is 6.92 Å². The summed E-state index contributed by atoms with van der Waals surface area (Å²) in [7, 11) is -3.46. The molecule has 3 N–H and O–H groups in total. The average Bonchev–Trinajstić information content (AvgIpc) is 2.60. The summed E-state index contributed by atoms with van der Waals surface area (Å²) in [4.78, 5) is 4.20. The van der Waals surface area contributed by atoms with Crippen LogP contribution in [0.3, 0.4) is 0 Å². The number of sulfonamides is 1. The lowest BCUT2D eigenvalue weighted by Gasteiger charge is -1.98. The standard InChI is InChI=1S/C9H13N5O2S/c1-7-3-2-4-8-12-9(13-14(7)8)11-5-6-17(10,15)16/h2-4H,5-6H2,1H3,(H,11,13)(H2,10,15,16). The van der Waals surface area contributed by atoms with Gasteiger partial charge in [-0.05, 0) is 19.1 Å². The molecule has 0 aliphatic heterocycles. The molecular formula is C9H13N5O2S. The molecule has 0 aliphatic rings. The van der Waals surface area contributed by atoms with E-state index in [1.807, 2.05) is 25.1 Å². The first kappa shape index (κ1) is 11.8. The van der Waals surface area contributed by atoms with E-state index in [0.29, 0.717) is 11.6 Å². The normalized spacial score (nSPS) is 11.9. The zero-order valence-corrected chi connectivity index (χ0v) is 10.1. The van der Waals surface area contributed by atoms with Crippen molar-refractivity contribution in [2.75, 3.05) is 17.6 Å². The minimum atomic E-state index is -3.46. The molecule has 2 heterocycles. The fourth-order valence-corrected chi connectivity index (χ4v) is 1.80. The van der Waals surface area contributed by atoms with Crippen LogP contribution in [-0.4, -0.2) is 35.3 Å². The summed E-state index contributed by atoms with van der Waals surface area (Å²) < 4.78 is 23.2. The predicted molar refractivity (Wildman–Crippen MR) is 64.2 cm³/mol. The Morgan fingerprint density at radius 1 is 1.47 bits per heavy atom. The van der Waals surface area contributed by atoms with Gasteiger partial charge in [-0.15, -0.1) is 5.10 Å². The van der Waals surface area contributed by atoms with Crippen molar-refractivity contribution in [3.05, 3.63) is 23.9 Å². The van der Waals surface area contributed by atoms with E-state index in [2.05, 4.69) is 15.4 Å². The van der Waals surface area contributed by atoms with E-state index in [0.717, 1.165) is 5.69 Å². The molecule has 0 atom stereocenters. The zero-order valence-electron chi connectivity index (χ0n) is 9.29. The minimum Gasteiger partial charge on any atom is -0.352 e. The average molecular weight is 255 g/mol. The Kier molecular flexibility index (Phi) is 2.99. The van der Waals surface area contributed by atoms with Gasteiger partial charge < -0.3 is 5.32 Å². The highest BCUT2D eigenvalue weighted by molar-refractivity contribution is 7.89. The van der Waals surface area contributed by atoms with Gasteiger partial charge >= 0.3 is 0 Å². The van der Waals surface area contributed by atoms with Crippen molar-refractivity contribution < 1.29 is 8.42 Å². The SMILES string of the molecule is Cc1cccc2nc(NCCS(N)(=O)=O)nn12. The van der Waals surface area contributed by atoms with Crippen molar-refractivity contribution >= 4 is 21.6 Å². The number of nitrogens with two attached hydrogens (primary N) is 1. The number of hydrogen-bond donors (Lipinski definition) is 2. The van der Waals surface area contributed by atoms with Gasteiger partial charge in [0, 0.05) is 12.2 Å². The summed E-state index contributed by atoms with van der Waals surface area (Å²) in [6.07, 6.45) is 0. The number of nitrogens with zero attached hydrogens (tertiary/aromatic N) is 3. The molecule has 0 fully saturated rings. The number of anilines is 1. The fraction of sp³-hybridized carbons (Fsp3) is 0.333. The molecule has 7 nitrogen and oxygen atoms in total. The second-order valence-corrected chi connectivity index (χ2v) is 5.40. The molecule has 0 aromatic carbocycles. The molecule has 0 saturated carbocycles. The van der Waals surface area contributed by atoms with E-state index in [1.54, 1.807) is 4.52 Å². The monoisotopic (exact) mass is 255 g/mol. The fourth-order valence-electron chi connectivity index (χ4n) is 1.42. The molecule has 17 heavy (non-hydrogen) atoms. The number of hydrogen-bond acceptors (Lipinski definition) is 5. The van der Waals surface area contributed by atoms with Crippen LogP contribution in [0.4, 0.5) is 5.95 Å². The van der Waals surface area contributed by atoms with Gasteiger partial charge in [0.05, 0.1) is 5.75 Å². The second kappa shape index (κ2) is 4.30. The van der Waals surface area contributed by atoms with Gasteiger partial charge in [-0.2, -0.15) is 4.98 Å². The third kappa shape index (κ3) is 2.92. The summed E-state index contributed by atoms with van der Waals surface area (Å²) in [6.45, 7) is 2.10. The molecule has 0 aliphatic carbocycles. The van der Waals surface area contributed by atoms with Crippen LogP contribution < -0.4 is 10.5 Å². The van der Waals surface area contributed by atoms with E-state index in [4.69, 9.17) is 5.14 Å². The number of rotatable bonds is 4. The first-order chi connectivity index (χ1) is 7.96. The van der Waals surface area contributed by atoms with Gasteiger partial charge in [-0.25, -0.2) is 18.1 Å². The number of primary sulfonamides is 1. The van der Waals surface area contributed by atoms with Crippen molar-refractivity contribution in [1.82, 2.24) is 14.6 Å². The molecule has 0 radical (unpaired) electrons. The maximum absolute atomic E-state index is 10.7. The number of nitrogens with one attached hydrogen (secondary N) is 1. The molecule has 8 heteroatoms. The summed E-state index contributed by atoms with van der Waals surface area (Å²) >= 11 is 0. The smallest absolute Gasteiger partial charge is 0.243 e. The van der Waals surface area contributed by atoms with Gasteiger partial charge in [0.25, 0.3) is 0 Å². The first-order valence-electron chi connectivity index (χ1n) is 5.02. The highest BCUT2D eigenvalue weighted by atomic mass is 32.2. The molecular weight excluding hydrogens is 242 g/mol. The number of aryl methyl sites for hydroxylation is 1. The largest absolute Gasteiger partial charge is 0.352 e. The number of fused-ring (bicyclic) bond motifs is 1. The van der Waals surface area contributed by atoms with Crippen molar-refractivity contribution in [2.45, 2.75) is 6.92 Å². The molecule has 2 rings (SSSR count). The summed E-state index contributed by atoms with van der Waals surface area (Å²) in [5.41, 5.74) is 1.66. The number of aromatic nitrogens is 3. The van der Waals surface area contributed by atoms with E-state index >= 15 is 0 Å². The Hall–Kier alpha value is -1.67. The van der Waals surface area contributed by atoms with Crippen molar-refractivity contribution in [3.8, 4) is 0 Å². The molecule has 2 aromatic heterocycles. The van der Waals surface area contributed by atoms with Gasteiger partial charge in [0.2, 0.25) is 16.0 Å². The maximum atomic E-state index is 10.7. The molecule has 0 saturated heterocycles. The van der Waals surface area contributed by atoms with Crippen LogP contribution in [0.25, 0.3) is 5.65 Å². The third-order valence-corrected chi connectivity index (χ3v) is 2.99. The minimum absolute atomic E-state index is 0.151. The zero-order chi connectivity index (χ0) is 12.5. The third-order valence-electron chi connectivity index (χ3n) is 2.22. The van der Waals surface area contributed by atoms with Crippen molar-refractivity contribution in [2.24, 2.45) is 5.14 Å². The molecule has 0 unspecified atom stereocenters. The van der Waals surface area contributed by atoms with Gasteiger partial charge in [-0.1, -0.05) is 6.07 Å². The lowest BCUT2D eigenvalue weighted by Crippen LogP contribution is -2.22. The molecule has 0 amide bonds. The lowest BCUT2D eigenvalue weighted by molar-refractivity contribution is 0.598. The van der Waals surface area contributed by atoms with E-state index in [9.17, 15) is 8.42 Å². The Morgan fingerprint density at radius 3 is 2.88 bits per heavy atom. The van der Waals surface area contributed by atoms with Crippen LogP contribution in [0.1, 0.15) is 5.69 Å².